The lowest BCUT2D eigenvalue weighted by atomic mass is 10.2. The standard InChI is InChI=1S/C9H5F2O2/c10-7-3-6(1-2-9(12)13)4-8(11)5-7/h3-5,9,12H/q-1. The summed E-state index contributed by atoms with van der Waals surface area (Å²) >= 11 is 0. The van der Waals surface area contributed by atoms with E-state index in [1.165, 1.54) is 0 Å². The molecule has 2 nitrogen and oxygen atoms in total. The van der Waals surface area contributed by atoms with Crippen molar-refractivity contribution in [1.29, 1.82) is 0 Å². The smallest absolute Gasteiger partial charge is 0.127 e. The first-order chi connectivity index (χ1) is 6.08. The van der Waals surface area contributed by atoms with Crippen LogP contribution in [0, 0.1) is 23.5 Å². The van der Waals surface area contributed by atoms with Crippen LogP contribution in [-0.2, 0) is 0 Å². The fourth-order valence-corrected chi connectivity index (χ4v) is 0.771. The third-order valence-corrected chi connectivity index (χ3v) is 1.20. The number of benzene rings is 1. The molecular weight excluding hydrogens is 178 g/mol. The van der Waals surface area contributed by atoms with Gasteiger partial charge < -0.3 is 10.2 Å². The van der Waals surface area contributed by atoms with Crippen molar-refractivity contribution in [1.82, 2.24) is 0 Å². The Morgan fingerprint density at radius 2 is 1.77 bits per heavy atom. The van der Waals surface area contributed by atoms with Gasteiger partial charge in [-0.05, 0) is 12.1 Å². The molecule has 0 spiro atoms. The summed E-state index contributed by atoms with van der Waals surface area (Å²) in [5.74, 6) is 2.42. The van der Waals surface area contributed by atoms with Crippen molar-refractivity contribution < 1.29 is 19.0 Å². The maximum atomic E-state index is 12.5. The largest absolute Gasteiger partial charge is 0.821 e. The zero-order chi connectivity index (χ0) is 9.84. The molecule has 0 aliphatic carbocycles. The molecule has 1 rings (SSSR count). The highest BCUT2D eigenvalue weighted by Crippen LogP contribution is 2.06. The van der Waals surface area contributed by atoms with Crippen LogP contribution in [0.3, 0.4) is 0 Å². The Hall–Kier alpha value is -1.44. The minimum Gasteiger partial charge on any atom is -0.821 e. The van der Waals surface area contributed by atoms with Crippen molar-refractivity contribution in [3.8, 4) is 11.8 Å². The number of aliphatic hydroxyl groups excluding tert-OH is 1. The van der Waals surface area contributed by atoms with E-state index in [0.717, 1.165) is 12.1 Å². The summed E-state index contributed by atoms with van der Waals surface area (Å²) < 4.78 is 25.0. The van der Waals surface area contributed by atoms with Crippen LogP contribution in [0.2, 0.25) is 0 Å². The zero-order valence-corrected chi connectivity index (χ0v) is 6.42. The summed E-state index contributed by atoms with van der Waals surface area (Å²) in [4.78, 5) is 0. The Kier molecular flexibility index (Phi) is 2.96. The van der Waals surface area contributed by atoms with Crippen LogP contribution in [0.1, 0.15) is 5.56 Å². The number of halogens is 2. The molecule has 0 saturated carbocycles. The summed E-state index contributed by atoms with van der Waals surface area (Å²) in [5, 5.41) is 18.3. The Balaban J connectivity index is 2.98. The highest BCUT2D eigenvalue weighted by atomic mass is 19.1. The second kappa shape index (κ2) is 3.99. The molecule has 0 aliphatic rings. The average Bonchev–Trinajstić information content (AvgIpc) is 1.99. The lowest BCUT2D eigenvalue weighted by molar-refractivity contribution is -0.459. The van der Waals surface area contributed by atoms with Crippen molar-refractivity contribution in [2.75, 3.05) is 0 Å². The topological polar surface area (TPSA) is 43.3 Å². The first-order valence-corrected chi connectivity index (χ1v) is 3.39. The lowest BCUT2D eigenvalue weighted by Gasteiger charge is -2.02. The first kappa shape index (κ1) is 9.65. The van der Waals surface area contributed by atoms with Crippen LogP contribution in [0.25, 0.3) is 0 Å². The van der Waals surface area contributed by atoms with Crippen LogP contribution in [-0.4, -0.2) is 11.4 Å². The number of aliphatic hydroxyl groups is 1. The maximum absolute atomic E-state index is 12.5. The highest BCUT2D eigenvalue weighted by Gasteiger charge is 1.96. The van der Waals surface area contributed by atoms with Gasteiger partial charge in [-0.25, -0.2) is 8.78 Å². The van der Waals surface area contributed by atoms with E-state index < -0.39 is 17.9 Å². The predicted octanol–water partition coefficient (Wildman–Crippen LogP) is -0.00500. The van der Waals surface area contributed by atoms with Crippen LogP contribution >= 0.6 is 0 Å². The highest BCUT2D eigenvalue weighted by molar-refractivity contribution is 5.35. The average molecular weight is 183 g/mol. The predicted molar refractivity (Wildman–Crippen MR) is 39.2 cm³/mol. The molecule has 1 N–H and O–H groups in total. The number of rotatable bonds is 0. The second-order valence-electron chi connectivity index (χ2n) is 2.28. The molecule has 0 amide bonds. The van der Waals surface area contributed by atoms with Gasteiger partial charge in [-0.3, -0.25) is 0 Å². The van der Waals surface area contributed by atoms with Gasteiger partial charge in [0.2, 0.25) is 0 Å². The quantitative estimate of drug-likeness (QED) is 0.454. The third-order valence-electron chi connectivity index (χ3n) is 1.20. The monoisotopic (exact) mass is 183 g/mol. The van der Waals surface area contributed by atoms with Gasteiger partial charge in [-0.1, -0.05) is 11.8 Å². The van der Waals surface area contributed by atoms with Gasteiger partial charge in [-0.2, -0.15) is 0 Å². The van der Waals surface area contributed by atoms with Gasteiger partial charge in [0.25, 0.3) is 0 Å². The van der Waals surface area contributed by atoms with E-state index in [1.54, 1.807) is 0 Å². The molecule has 68 valence electrons. The molecule has 0 radical (unpaired) electrons. The molecule has 1 atom stereocenters. The Morgan fingerprint density at radius 3 is 2.23 bits per heavy atom. The zero-order valence-electron chi connectivity index (χ0n) is 6.42. The molecule has 0 saturated heterocycles. The van der Waals surface area contributed by atoms with Crippen molar-refractivity contribution >= 4 is 0 Å². The van der Waals surface area contributed by atoms with Crippen LogP contribution < -0.4 is 5.11 Å². The Labute approximate surface area is 73.4 Å². The fourth-order valence-electron chi connectivity index (χ4n) is 0.771. The number of hydrogen-bond acceptors (Lipinski definition) is 2. The molecule has 4 heteroatoms. The minimum absolute atomic E-state index is 0.0207. The Bertz CT molecular complexity index is 343. The van der Waals surface area contributed by atoms with Gasteiger partial charge in [0.1, 0.15) is 11.6 Å². The first-order valence-electron chi connectivity index (χ1n) is 3.39. The van der Waals surface area contributed by atoms with Crippen molar-refractivity contribution in [3.05, 3.63) is 35.4 Å². The summed E-state index contributed by atoms with van der Waals surface area (Å²) in [6.07, 6.45) is -2.05. The van der Waals surface area contributed by atoms with E-state index in [2.05, 4.69) is 5.92 Å². The summed E-state index contributed by atoms with van der Waals surface area (Å²) in [6.45, 7) is 0. The van der Waals surface area contributed by atoms with Crippen LogP contribution in [0.15, 0.2) is 18.2 Å². The number of hydrogen-bond donors (Lipinski definition) is 1. The van der Waals surface area contributed by atoms with Crippen molar-refractivity contribution in [3.63, 3.8) is 0 Å². The normalized spacial score (nSPS) is 11.7. The van der Waals surface area contributed by atoms with Crippen LogP contribution in [0.4, 0.5) is 8.78 Å². The van der Waals surface area contributed by atoms with Gasteiger partial charge in [0, 0.05) is 17.9 Å². The van der Waals surface area contributed by atoms with Crippen molar-refractivity contribution in [2.45, 2.75) is 6.29 Å². The van der Waals surface area contributed by atoms with E-state index in [1.807, 2.05) is 5.92 Å². The van der Waals surface area contributed by atoms with E-state index in [4.69, 9.17) is 5.11 Å². The Morgan fingerprint density at radius 1 is 1.23 bits per heavy atom. The summed E-state index contributed by atoms with van der Waals surface area (Å²) in [7, 11) is 0. The van der Waals surface area contributed by atoms with Gasteiger partial charge in [-0.15, -0.1) is 0 Å². The SMILES string of the molecule is [O-]C(O)C#Cc1cc(F)cc(F)c1. The summed E-state index contributed by atoms with van der Waals surface area (Å²) in [5.41, 5.74) is 0.0207. The second-order valence-corrected chi connectivity index (χ2v) is 2.28. The molecule has 1 unspecified atom stereocenters. The van der Waals surface area contributed by atoms with E-state index >= 15 is 0 Å². The maximum Gasteiger partial charge on any atom is 0.127 e. The van der Waals surface area contributed by atoms with Gasteiger partial charge in [0.05, 0.1) is 0 Å². The molecule has 0 fully saturated rings. The third kappa shape index (κ3) is 3.20. The molecule has 0 bridgehead atoms. The lowest BCUT2D eigenvalue weighted by Crippen LogP contribution is -2.21. The molecule has 0 heterocycles. The minimum atomic E-state index is -2.05. The van der Waals surface area contributed by atoms with Gasteiger partial charge >= 0.3 is 0 Å². The van der Waals surface area contributed by atoms with Crippen LogP contribution in [0.5, 0.6) is 0 Å². The molecular formula is C9H5F2O2-. The molecule has 13 heavy (non-hydrogen) atoms. The van der Waals surface area contributed by atoms with E-state index in [0.29, 0.717) is 6.07 Å². The fraction of sp³-hybridized carbons (Fsp3) is 0.111. The molecule has 0 aromatic heterocycles. The molecule has 1 aromatic carbocycles. The molecule has 1 aromatic rings. The van der Waals surface area contributed by atoms with Gasteiger partial charge in [0.15, 0.2) is 0 Å². The van der Waals surface area contributed by atoms with E-state index in [-0.39, 0.29) is 5.56 Å². The van der Waals surface area contributed by atoms with Crippen molar-refractivity contribution in [2.24, 2.45) is 0 Å². The molecule has 0 aliphatic heterocycles. The summed E-state index contributed by atoms with van der Waals surface area (Å²) in [6, 6.07) is 2.63. The van der Waals surface area contributed by atoms with E-state index in [9.17, 15) is 13.9 Å².